The van der Waals surface area contributed by atoms with Crippen LogP contribution in [-0.4, -0.2) is 23.0 Å². The molecule has 0 unspecified atom stereocenters. The van der Waals surface area contributed by atoms with Crippen molar-refractivity contribution in [1.29, 1.82) is 0 Å². The number of carbonyl (C=O) groups is 2. The number of anilines is 1. The minimum atomic E-state index is -0.533. The molecule has 0 aromatic heterocycles. The number of benzene rings is 3. The summed E-state index contributed by atoms with van der Waals surface area (Å²) < 4.78 is 0.949. The Kier molecular flexibility index (Phi) is 6.66. The van der Waals surface area contributed by atoms with E-state index in [9.17, 15) is 19.7 Å². The molecule has 150 valence electrons. The molecule has 0 saturated carbocycles. The zero-order valence-electron chi connectivity index (χ0n) is 15.4. The maximum Gasteiger partial charge on any atom is 0.271 e. The smallest absolute Gasteiger partial charge is 0.271 e. The Morgan fingerprint density at radius 3 is 2.03 bits per heavy atom. The topological polar surface area (TPSA) is 114 Å². The average Bonchev–Trinajstić information content (AvgIpc) is 2.75. The molecular formula is C21H15BrN4O4. The lowest BCUT2D eigenvalue weighted by molar-refractivity contribution is -0.384. The van der Waals surface area contributed by atoms with Gasteiger partial charge >= 0.3 is 0 Å². The van der Waals surface area contributed by atoms with Gasteiger partial charge in [-0.05, 0) is 54.1 Å². The second kappa shape index (κ2) is 9.57. The summed E-state index contributed by atoms with van der Waals surface area (Å²) >= 11 is 3.34. The summed E-state index contributed by atoms with van der Waals surface area (Å²) in [7, 11) is 0. The van der Waals surface area contributed by atoms with E-state index >= 15 is 0 Å². The Hall–Kier alpha value is -3.85. The van der Waals surface area contributed by atoms with Crippen LogP contribution in [0.3, 0.4) is 0 Å². The fourth-order valence-corrected chi connectivity index (χ4v) is 2.69. The lowest BCUT2D eigenvalue weighted by Gasteiger charge is -2.06. The Morgan fingerprint density at radius 2 is 1.43 bits per heavy atom. The first-order valence-electron chi connectivity index (χ1n) is 8.67. The third-order valence-electron chi connectivity index (χ3n) is 3.99. The number of nitrogens with zero attached hydrogens (tertiary/aromatic N) is 2. The highest BCUT2D eigenvalue weighted by Crippen LogP contribution is 2.15. The number of rotatable bonds is 6. The van der Waals surface area contributed by atoms with Crippen LogP contribution in [0.4, 0.5) is 11.4 Å². The number of hydrogen-bond donors (Lipinski definition) is 2. The fourth-order valence-electron chi connectivity index (χ4n) is 2.42. The number of nitro benzene ring substituents is 1. The Bertz CT molecular complexity index is 1100. The first-order valence-corrected chi connectivity index (χ1v) is 9.46. The van der Waals surface area contributed by atoms with E-state index in [1.807, 2.05) is 24.3 Å². The molecule has 0 bridgehead atoms. The molecule has 3 aromatic carbocycles. The number of amides is 2. The van der Waals surface area contributed by atoms with Gasteiger partial charge in [-0.2, -0.15) is 5.10 Å². The molecule has 2 amide bonds. The Morgan fingerprint density at radius 1 is 0.867 bits per heavy atom. The lowest BCUT2D eigenvalue weighted by atomic mass is 10.1. The maximum absolute atomic E-state index is 12.2. The molecule has 0 aliphatic carbocycles. The van der Waals surface area contributed by atoms with Crippen LogP contribution in [0.5, 0.6) is 0 Å². The van der Waals surface area contributed by atoms with Gasteiger partial charge in [0, 0.05) is 33.4 Å². The minimum Gasteiger partial charge on any atom is -0.322 e. The predicted molar refractivity (Wildman–Crippen MR) is 117 cm³/mol. The van der Waals surface area contributed by atoms with Gasteiger partial charge < -0.3 is 5.32 Å². The van der Waals surface area contributed by atoms with Crippen molar-refractivity contribution in [2.75, 3.05) is 5.32 Å². The van der Waals surface area contributed by atoms with E-state index in [0.717, 1.165) is 10.0 Å². The van der Waals surface area contributed by atoms with E-state index in [0.29, 0.717) is 11.3 Å². The number of hydrazone groups is 1. The molecule has 8 nitrogen and oxygen atoms in total. The van der Waals surface area contributed by atoms with Crippen LogP contribution in [0.1, 0.15) is 26.3 Å². The van der Waals surface area contributed by atoms with Crippen LogP contribution in [0, 0.1) is 10.1 Å². The van der Waals surface area contributed by atoms with Crippen molar-refractivity contribution in [2.24, 2.45) is 5.10 Å². The Balaban J connectivity index is 1.57. The SMILES string of the molecule is O=C(N/N=C\c1ccc(Br)cc1)c1ccc(NC(=O)c2ccc([N+](=O)[O-])cc2)cc1. The number of carbonyl (C=O) groups excluding carboxylic acids is 2. The molecule has 0 aliphatic rings. The Labute approximate surface area is 179 Å². The first kappa shape index (κ1) is 20.9. The van der Waals surface area contributed by atoms with E-state index in [1.165, 1.54) is 30.5 Å². The molecule has 30 heavy (non-hydrogen) atoms. The maximum atomic E-state index is 12.2. The molecule has 0 aliphatic heterocycles. The number of hydrogen-bond acceptors (Lipinski definition) is 5. The van der Waals surface area contributed by atoms with Gasteiger partial charge in [-0.1, -0.05) is 28.1 Å². The van der Waals surface area contributed by atoms with Crippen molar-refractivity contribution in [3.05, 3.63) is 104 Å². The molecule has 3 aromatic rings. The summed E-state index contributed by atoms with van der Waals surface area (Å²) in [4.78, 5) is 34.5. The molecule has 0 heterocycles. The van der Waals surface area contributed by atoms with Gasteiger partial charge in [0.15, 0.2) is 0 Å². The van der Waals surface area contributed by atoms with Crippen molar-refractivity contribution in [3.63, 3.8) is 0 Å². The number of halogens is 1. The van der Waals surface area contributed by atoms with Crippen molar-refractivity contribution >= 4 is 45.3 Å². The van der Waals surface area contributed by atoms with Crippen LogP contribution in [-0.2, 0) is 0 Å². The van der Waals surface area contributed by atoms with Gasteiger partial charge in [0.05, 0.1) is 11.1 Å². The normalized spacial score (nSPS) is 10.6. The molecule has 0 fully saturated rings. The van der Waals surface area contributed by atoms with Gasteiger partial charge in [0.25, 0.3) is 17.5 Å². The molecule has 9 heteroatoms. The third-order valence-corrected chi connectivity index (χ3v) is 4.52. The summed E-state index contributed by atoms with van der Waals surface area (Å²) in [6, 6.07) is 19.0. The van der Waals surface area contributed by atoms with Crippen LogP contribution < -0.4 is 10.7 Å². The van der Waals surface area contributed by atoms with Crippen molar-refractivity contribution < 1.29 is 14.5 Å². The van der Waals surface area contributed by atoms with E-state index in [2.05, 4.69) is 31.8 Å². The van der Waals surface area contributed by atoms with E-state index in [4.69, 9.17) is 0 Å². The van der Waals surface area contributed by atoms with Crippen molar-refractivity contribution in [3.8, 4) is 0 Å². The van der Waals surface area contributed by atoms with Crippen LogP contribution in [0.2, 0.25) is 0 Å². The minimum absolute atomic E-state index is 0.0929. The molecule has 0 saturated heterocycles. The summed E-state index contributed by atoms with van der Waals surface area (Å²) in [6.45, 7) is 0. The first-order chi connectivity index (χ1) is 14.4. The average molecular weight is 467 g/mol. The lowest BCUT2D eigenvalue weighted by Crippen LogP contribution is -2.17. The standard InChI is InChI=1S/C21H15BrN4O4/c22-17-7-1-14(2-8-17)13-23-25-21(28)16-3-9-18(10-4-16)24-20(27)15-5-11-19(12-6-15)26(29)30/h1-13H,(H,24,27)(H,25,28)/b23-13-. The highest BCUT2D eigenvalue weighted by atomic mass is 79.9. The summed E-state index contributed by atoms with van der Waals surface area (Å²) in [5.74, 6) is -0.808. The number of non-ortho nitro benzene ring substituents is 1. The van der Waals surface area contributed by atoms with Crippen LogP contribution in [0.25, 0.3) is 0 Å². The van der Waals surface area contributed by atoms with Gasteiger partial charge in [-0.25, -0.2) is 5.43 Å². The molecular weight excluding hydrogens is 452 g/mol. The monoisotopic (exact) mass is 466 g/mol. The summed E-state index contributed by atoms with van der Waals surface area (Å²) in [5.41, 5.74) is 4.32. The predicted octanol–water partition coefficient (Wildman–Crippen LogP) is 4.37. The zero-order valence-corrected chi connectivity index (χ0v) is 17.0. The van der Waals surface area contributed by atoms with Gasteiger partial charge in [-0.15, -0.1) is 0 Å². The van der Waals surface area contributed by atoms with E-state index < -0.39 is 16.7 Å². The molecule has 3 rings (SSSR count). The third kappa shape index (κ3) is 5.58. The van der Waals surface area contributed by atoms with Gasteiger partial charge in [-0.3, -0.25) is 19.7 Å². The van der Waals surface area contributed by atoms with Crippen LogP contribution in [0.15, 0.2) is 82.4 Å². The van der Waals surface area contributed by atoms with Crippen molar-refractivity contribution in [1.82, 2.24) is 5.43 Å². The molecule has 2 N–H and O–H groups in total. The molecule has 0 spiro atoms. The second-order valence-corrected chi connectivity index (χ2v) is 7.00. The highest BCUT2D eigenvalue weighted by Gasteiger charge is 2.10. The van der Waals surface area contributed by atoms with Gasteiger partial charge in [0.1, 0.15) is 0 Å². The molecule has 0 radical (unpaired) electrons. The zero-order chi connectivity index (χ0) is 21.5. The van der Waals surface area contributed by atoms with E-state index in [1.54, 1.807) is 24.3 Å². The fraction of sp³-hybridized carbons (Fsp3) is 0. The quantitative estimate of drug-likeness (QED) is 0.318. The molecule has 0 atom stereocenters. The summed E-state index contributed by atoms with van der Waals surface area (Å²) in [5, 5.41) is 17.3. The van der Waals surface area contributed by atoms with Crippen molar-refractivity contribution in [2.45, 2.75) is 0 Å². The number of nitrogens with one attached hydrogen (secondary N) is 2. The van der Waals surface area contributed by atoms with Crippen LogP contribution >= 0.6 is 15.9 Å². The second-order valence-electron chi connectivity index (χ2n) is 6.09. The largest absolute Gasteiger partial charge is 0.322 e. The van der Waals surface area contributed by atoms with Gasteiger partial charge in [0.2, 0.25) is 0 Å². The highest BCUT2D eigenvalue weighted by molar-refractivity contribution is 9.10. The summed E-state index contributed by atoms with van der Waals surface area (Å²) in [6.07, 6.45) is 1.53. The van der Waals surface area contributed by atoms with E-state index in [-0.39, 0.29) is 11.3 Å². The number of nitro groups is 1.